The van der Waals surface area contributed by atoms with Gasteiger partial charge >= 0.3 is 0 Å². The van der Waals surface area contributed by atoms with Crippen molar-refractivity contribution >= 4 is 34.5 Å². The van der Waals surface area contributed by atoms with Crippen molar-refractivity contribution in [1.82, 2.24) is 10.2 Å². The molecular formula is C31H36N4O4. The van der Waals surface area contributed by atoms with Crippen LogP contribution in [0.15, 0.2) is 72.8 Å². The summed E-state index contributed by atoms with van der Waals surface area (Å²) in [5.41, 5.74) is 5.40. The first kappa shape index (κ1) is 28.0. The number of nitrogens with one attached hydrogen (secondary N) is 3. The van der Waals surface area contributed by atoms with Crippen LogP contribution in [0.3, 0.4) is 0 Å². The van der Waals surface area contributed by atoms with Crippen LogP contribution in [0.4, 0.5) is 11.4 Å². The molecule has 1 heterocycles. The Hall–Kier alpha value is -3.98. The van der Waals surface area contributed by atoms with Crippen LogP contribution in [-0.4, -0.2) is 45.9 Å². The highest BCUT2D eigenvalue weighted by Crippen LogP contribution is 2.38. The predicted octanol–water partition coefficient (Wildman–Crippen LogP) is 4.63. The van der Waals surface area contributed by atoms with Gasteiger partial charge in [0.25, 0.3) is 11.8 Å². The molecule has 2 unspecified atom stereocenters. The fourth-order valence-corrected chi connectivity index (χ4v) is 4.55. The molecule has 0 saturated carbocycles. The lowest BCUT2D eigenvalue weighted by molar-refractivity contribution is -0.110. The van der Waals surface area contributed by atoms with Crippen molar-refractivity contribution in [2.75, 3.05) is 17.2 Å². The lowest BCUT2D eigenvalue weighted by Crippen LogP contribution is -2.39. The maximum atomic E-state index is 13.3. The molecule has 4 rings (SSSR count). The molecule has 8 heteroatoms. The van der Waals surface area contributed by atoms with Crippen LogP contribution < -0.4 is 16.0 Å². The minimum Gasteiger partial charge on any atom is -0.379 e. The molecule has 0 bridgehead atoms. The minimum absolute atomic E-state index is 0.168. The van der Waals surface area contributed by atoms with Crippen molar-refractivity contribution in [2.24, 2.45) is 0 Å². The first-order valence-electron chi connectivity index (χ1n) is 13.3. The number of hydrogen-bond acceptors (Lipinski definition) is 6. The van der Waals surface area contributed by atoms with Gasteiger partial charge in [-0.1, -0.05) is 55.8 Å². The Morgan fingerprint density at radius 3 is 2.28 bits per heavy atom. The van der Waals surface area contributed by atoms with E-state index in [4.69, 9.17) is 0 Å². The Labute approximate surface area is 229 Å². The van der Waals surface area contributed by atoms with Crippen molar-refractivity contribution < 1.29 is 19.8 Å². The predicted molar refractivity (Wildman–Crippen MR) is 155 cm³/mol. The molecule has 1 aliphatic rings. The molecule has 2 atom stereocenters. The highest BCUT2D eigenvalue weighted by atomic mass is 16.3. The number of benzene rings is 3. The fourth-order valence-electron chi connectivity index (χ4n) is 4.55. The van der Waals surface area contributed by atoms with E-state index >= 15 is 0 Å². The van der Waals surface area contributed by atoms with Gasteiger partial charge in [-0.3, -0.25) is 9.59 Å². The molecule has 3 aromatic carbocycles. The highest BCUT2D eigenvalue weighted by Gasteiger charge is 2.29. The van der Waals surface area contributed by atoms with Gasteiger partial charge in [0.15, 0.2) is 0 Å². The van der Waals surface area contributed by atoms with Gasteiger partial charge in [0.1, 0.15) is 12.5 Å². The van der Waals surface area contributed by atoms with Crippen LogP contribution in [0.5, 0.6) is 0 Å². The third-order valence-electron chi connectivity index (χ3n) is 6.70. The Balaban J connectivity index is 1.69. The second kappa shape index (κ2) is 12.7. The van der Waals surface area contributed by atoms with E-state index in [9.17, 15) is 19.8 Å². The summed E-state index contributed by atoms with van der Waals surface area (Å²) in [4.78, 5) is 27.6. The largest absolute Gasteiger partial charge is 0.379 e. The molecular weight excluding hydrogens is 492 g/mol. The number of rotatable bonds is 11. The van der Waals surface area contributed by atoms with Crippen molar-refractivity contribution in [3.63, 3.8) is 0 Å². The summed E-state index contributed by atoms with van der Waals surface area (Å²) in [6, 6.07) is 22.5. The molecule has 3 aromatic rings. The SMILES string of the molecule is CCCCNC(=O)c1ccc2c(c1)/C(=C(/Nc1ccc(CN(C(C)O)C(C)O)cc1)c1ccccc1)C(=O)N2. The van der Waals surface area contributed by atoms with Gasteiger partial charge in [-0.2, -0.15) is 0 Å². The lowest BCUT2D eigenvalue weighted by Gasteiger charge is -2.28. The van der Waals surface area contributed by atoms with Crippen LogP contribution in [0.2, 0.25) is 0 Å². The average molecular weight is 529 g/mol. The molecule has 0 radical (unpaired) electrons. The zero-order chi connectivity index (χ0) is 27.9. The smallest absolute Gasteiger partial charge is 0.258 e. The Bertz CT molecular complexity index is 1330. The summed E-state index contributed by atoms with van der Waals surface area (Å²) < 4.78 is 0. The molecule has 204 valence electrons. The number of fused-ring (bicyclic) bond motifs is 1. The maximum absolute atomic E-state index is 13.3. The molecule has 1 aliphatic heterocycles. The third-order valence-corrected chi connectivity index (χ3v) is 6.70. The van der Waals surface area contributed by atoms with Crippen LogP contribution in [0.1, 0.15) is 60.7 Å². The van der Waals surface area contributed by atoms with Gasteiger partial charge in [0.05, 0.1) is 11.3 Å². The maximum Gasteiger partial charge on any atom is 0.258 e. The molecule has 0 aromatic heterocycles. The molecule has 2 amide bonds. The van der Waals surface area contributed by atoms with Crippen LogP contribution in [0.25, 0.3) is 11.3 Å². The van der Waals surface area contributed by atoms with Gasteiger partial charge in [-0.25, -0.2) is 4.90 Å². The van der Waals surface area contributed by atoms with E-state index in [1.165, 1.54) is 0 Å². The summed E-state index contributed by atoms with van der Waals surface area (Å²) in [6.07, 6.45) is 0.301. The van der Waals surface area contributed by atoms with E-state index in [1.54, 1.807) is 36.9 Å². The van der Waals surface area contributed by atoms with E-state index < -0.39 is 12.5 Å². The van der Waals surface area contributed by atoms with E-state index in [1.807, 2.05) is 54.6 Å². The van der Waals surface area contributed by atoms with E-state index in [2.05, 4.69) is 22.9 Å². The number of amides is 2. The molecule has 0 fully saturated rings. The Kier molecular flexibility index (Phi) is 9.14. The van der Waals surface area contributed by atoms with E-state index in [0.717, 1.165) is 29.7 Å². The Morgan fingerprint density at radius 1 is 0.949 bits per heavy atom. The number of aliphatic hydroxyl groups excluding tert-OH is 2. The number of unbranched alkanes of at least 4 members (excludes halogenated alkanes) is 1. The lowest BCUT2D eigenvalue weighted by atomic mass is 9.98. The molecule has 0 spiro atoms. The van der Waals surface area contributed by atoms with Crippen molar-refractivity contribution in [1.29, 1.82) is 0 Å². The summed E-state index contributed by atoms with van der Waals surface area (Å²) in [5, 5.41) is 29.2. The quantitative estimate of drug-likeness (QED) is 0.141. The number of anilines is 2. The Morgan fingerprint density at radius 2 is 1.64 bits per heavy atom. The topological polar surface area (TPSA) is 114 Å². The summed E-state index contributed by atoms with van der Waals surface area (Å²) in [5.74, 6) is -0.417. The number of aliphatic hydroxyl groups is 2. The van der Waals surface area contributed by atoms with Gasteiger partial charge in [0.2, 0.25) is 0 Å². The number of nitrogens with zero attached hydrogens (tertiary/aromatic N) is 1. The normalized spacial score (nSPS) is 15.4. The highest BCUT2D eigenvalue weighted by molar-refractivity contribution is 6.37. The standard InChI is InChI=1S/C31H36N4O4/c1-4-5-17-32-30(38)24-13-16-27-26(18-24)28(31(39)34-27)29(23-9-7-6-8-10-23)33-25-14-11-22(12-15-25)19-35(20(2)36)21(3)37/h6-16,18,20-21,33,36-37H,4-5,17,19H2,1-3H3,(H,32,38)(H,34,39)/b29-28-. The second-order valence-electron chi connectivity index (χ2n) is 9.70. The van der Waals surface area contributed by atoms with Gasteiger partial charge in [0, 0.05) is 35.6 Å². The zero-order valence-corrected chi connectivity index (χ0v) is 22.6. The average Bonchev–Trinajstić information content (AvgIpc) is 3.26. The van der Waals surface area contributed by atoms with Gasteiger partial charge in [-0.05, 0) is 61.7 Å². The number of carbonyl (C=O) groups excluding carboxylic acids is 2. The number of hydrogen-bond donors (Lipinski definition) is 5. The van der Waals surface area contributed by atoms with E-state index in [0.29, 0.717) is 41.2 Å². The first-order chi connectivity index (χ1) is 18.8. The minimum atomic E-state index is -0.795. The summed E-state index contributed by atoms with van der Waals surface area (Å²) >= 11 is 0. The van der Waals surface area contributed by atoms with Crippen molar-refractivity contribution in [3.8, 4) is 0 Å². The molecule has 0 saturated heterocycles. The van der Waals surface area contributed by atoms with Crippen LogP contribution in [-0.2, 0) is 11.3 Å². The monoisotopic (exact) mass is 528 g/mol. The molecule has 39 heavy (non-hydrogen) atoms. The molecule has 0 aliphatic carbocycles. The molecule has 8 nitrogen and oxygen atoms in total. The summed E-state index contributed by atoms with van der Waals surface area (Å²) in [6.45, 7) is 6.28. The summed E-state index contributed by atoms with van der Waals surface area (Å²) in [7, 11) is 0. The van der Waals surface area contributed by atoms with Gasteiger partial charge < -0.3 is 26.2 Å². The van der Waals surface area contributed by atoms with Crippen LogP contribution >= 0.6 is 0 Å². The number of carbonyl (C=O) groups is 2. The van der Waals surface area contributed by atoms with Crippen molar-refractivity contribution in [2.45, 2.75) is 52.6 Å². The zero-order valence-electron chi connectivity index (χ0n) is 22.6. The van der Waals surface area contributed by atoms with Gasteiger partial charge in [-0.15, -0.1) is 0 Å². The fraction of sp³-hybridized carbons (Fsp3) is 0.290. The second-order valence-corrected chi connectivity index (χ2v) is 9.70. The molecule has 5 N–H and O–H groups in total. The van der Waals surface area contributed by atoms with Crippen LogP contribution in [0, 0.1) is 0 Å². The van der Waals surface area contributed by atoms with Crippen molar-refractivity contribution in [3.05, 3.63) is 95.1 Å². The first-order valence-corrected chi connectivity index (χ1v) is 13.3. The van der Waals surface area contributed by atoms with E-state index in [-0.39, 0.29) is 11.8 Å². The third kappa shape index (κ3) is 6.72.